The van der Waals surface area contributed by atoms with Crippen molar-refractivity contribution in [1.29, 1.82) is 0 Å². The Kier molecular flexibility index (Phi) is 6.58. The third-order valence-corrected chi connectivity index (χ3v) is 5.46. The minimum Gasteiger partial charge on any atom is -0.313 e. The van der Waals surface area contributed by atoms with E-state index in [2.05, 4.69) is 10.3 Å². The van der Waals surface area contributed by atoms with Crippen molar-refractivity contribution in [1.82, 2.24) is 14.6 Å². The van der Waals surface area contributed by atoms with Crippen molar-refractivity contribution < 1.29 is 8.42 Å². The van der Waals surface area contributed by atoms with Gasteiger partial charge in [-0.15, -0.1) is 0 Å². The lowest BCUT2D eigenvalue weighted by molar-refractivity contribution is 0.456. The monoisotopic (exact) mass is 299 g/mol. The van der Waals surface area contributed by atoms with Crippen molar-refractivity contribution in [3.8, 4) is 0 Å². The summed E-state index contributed by atoms with van der Waals surface area (Å²) in [5, 5.41) is 2.74. The zero-order valence-corrected chi connectivity index (χ0v) is 13.5. The van der Waals surface area contributed by atoms with Gasteiger partial charge in [-0.25, -0.2) is 12.7 Å². The first kappa shape index (κ1) is 17.1. The highest BCUT2D eigenvalue weighted by Gasteiger charge is 2.25. The second kappa shape index (κ2) is 7.71. The molecular weight excluding hydrogens is 274 g/mol. The van der Waals surface area contributed by atoms with Crippen molar-refractivity contribution in [2.24, 2.45) is 0 Å². The quantitative estimate of drug-likeness (QED) is 0.785. The Morgan fingerprint density at radius 2 is 1.85 bits per heavy atom. The average molecular weight is 299 g/mol. The zero-order chi connectivity index (χ0) is 15.2. The Morgan fingerprint density at radius 3 is 2.40 bits per heavy atom. The predicted octanol–water partition coefficient (Wildman–Crippen LogP) is 1.27. The molecule has 0 aliphatic carbocycles. The van der Waals surface area contributed by atoms with Crippen LogP contribution in [-0.4, -0.2) is 49.1 Å². The van der Waals surface area contributed by atoms with Crippen LogP contribution in [0.3, 0.4) is 0 Å². The molecule has 1 rings (SSSR count). The maximum Gasteiger partial charge on any atom is 0.217 e. The molecule has 0 saturated carbocycles. The first-order valence-corrected chi connectivity index (χ1v) is 8.41. The van der Waals surface area contributed by atoms with Gasteiger partial charge in [0.25, 0.3) is 0 Å². The lowest BCUT2D eigenvalue weighted by atomic mass is 10.2. The molecule has 5 nitrogen and oxygen atoms in total. The minimum atomic E-state index is -3.25. The van der Waals surface area contributed by atoms with E-state index < -0.39 is 15.3 Å². The van der Waals surface area contributed by atoms with E-state index in [1.165, 1.54) is 4.31 Å². The summed E-state index contributed by atoms with van der Waals surface area (Å²) in [7, 11) is -1.61. The maximum absolute atomic E-state index is 12.3. The minimum absolute atomic E-state index is 0.287. The fourth-order valence-corrected chi connectivity index (χ4v) is 3.04. The molecule has 20 heavy (non-hydrogen) atoms. The largest absolute Gasteiger partial charge is 0.313 e. The molecule has 6 heteroatoms. The van der Waals surface area contributed by atoms with Crippen molar-refractivity contribution in [3.63, 3.8) is 0 Å². The van der Waals surface area contributed by atoms with E-state index in [9.17, 15) is 8.42 Å². The second-order valence-corrected chi connectivity index (χ2v) is 7.80. The van der Waals surface area contributed by atoms with E-state index in [1.807, 2.05) is 26.0 Å². The van der Waals surface area contributed by atoms with Gasteiger partial charge in [-0.2, -0.15) is 0 Å². The molecule has 0 saturated heterocycles. The normalized spacial score (nSPS) is 13.9. The molecule has 0 radical (unpaired) electrons. The molecule has 0 aliphatic rings. The van der Waals surface area contributed by atoms with Crippen molar-refractivity contribution in [2.45, 2.75) is 38.5 Å². The Labute approximate surface area is 122 Å². The molecule has 0 spiro atoms. The Hall–Kier alpha value is -0.980. The van der Waals surface area contributed by atoms with Gasteiger partial charge in [0.2, 0.25) is 10.0 Å². The Bertz CT molecular complexity index is 488. The van der Waals surface area contributed by atoms with E-state index in [0.717, 1.165) is 5.56 Å². The van der Waals surface area contributed by atoms with Crippen LogP contribution in [0.4, 0.5) is 0 Å². The van der Waals surface area contributed by atoms with Crippen molar-refractivity contribution in [3.05, 3.63) is 30.1 Å². The molecule has 1 N–H and O–H groups in total. The van der Waals surface area contributed by atoms with E-state index >= 15 is 0 Å². The third-order valence-electron chi connectivity index (χ3n) is 3.22. The van der Waals surface area contributed by atoms with E-state index in [1.54, 1.807) is 26.4 Å². The van der Waals surface area contributed by atoms with E-state index in [4.69, 9.17) is 0 Å². The van der Waals surface area contributed by atoms with Crippen LogP contribution in [0.2, 0.25) is 0 Å². The number of nitrogens with zero attached hydrogens (tertiary/aromatic N) is 2. The number of sulfonamides is 1. The highest BCUT2D eigenvalue weighted by molar-refractivity contribution is 7.89. The highest BCUT2D eigenvalue weighted by Crippen LogP contribution is 2.08. The topological polar surface area (TPSA) is 62.3 Å². The van der Waals surface area contributed by atoms with Gasteiger partial charge in [0, 0.05) is 38.6 Å². The summed E-state index contributed by atoms with van der Waals surface area (Å²) < 4.78 is 26.1. The molecule has 0 fully saturated rings. The highest BCUT2D eigenvalue weighted by atomic mass is 32.2. The summed E-state index contributed by atoms with van der Waals surface area (Å²) in [5.41, 5.74) is 1.09. The van der Waals surface area contributed by atoms with E-state index in [0.29, 0.717) is 19.5 Å². The van der Waals surface area contributed by atoms with Crippen LogP contribution in [-0.2, 0) is 16.4 Å². The van der Waals surface area contributed by atoms with Gasteiger partial charge < -0.3 is 5.32 Å². The van der Waals surface area contributed by atoms with Crippen LogP contribution < -0.4 is 5.32 Å². The van der Waals surface area contributed by atoms with Gasteiger partial charge in [-0.05, 0) is 31.0 Å². The lowest BCUT2D eigenvalue weighted by Gasteiger charge is -2.23. The Morgan fingerprint density at radius 1 is 1.25 bits per heavy atom. The van der Waals surface area contributed by atoms with Crippen LogP contribution in [0, 0.1) is 0 Å². The fourth-order valence-electron chi connectivity index (χ4n) is 1.78. The summed E-state index contributed by atoms with van der Waals surface area (Å²) in [6, 6.07) is 4.10. The van der Waals surface area contributed by atoms with Gasteiger partial charge in [0.05, 0.1) is 5.25 Å². The second-order valence-electron chi connectivity index (χ2n) is 5.35. The molecule has 1 aromatic heterocycles. The van der Waals surface area contributed by atoms with Gasteiger partial charge in [0.1, 0.15) is 0 Å². The number of nitrogens with one attached hydrogen (secondary N) is 1. The molecule has 1 heterocycles. The summed E-state index contributed by atoms with van der Waals surface area (Å²) in [6.45, 7) is 6.71. The molecule has 1 atom stereocenters. The summed E-state index contributed by atoms with van der Waals surface area (Å²) in [6.07, 6.45) is 4.14. The number of rotatable bonds is 8. The Balaban J connectivity index is 2.54. The van der Waals surface area contributed by atoms with Crippen LogP contribution in [0.5, 0.6) is 0 Å². The lowest BCUT2D eigenvalue weighted by Crippen LogP contribution is -2.42. The van der Waals surface area contributed by atoms with Crippen LogP contribution >= 0.6 is 0 Å². The number of likely N-dealkylation sites (N-methyl/N-ethyl adjacent to an activating group) is 1. The van der Waals surface area contributed by atoms with Crippen LogP contribution in [0.1, 0.15) is 26.3 Å². The molecule has 0 aliphatic heterocycles. The van der Waals surface area contributed by atoms with Crippen LogP contribution in [0.15, 0.2) is 24.5 Å². The van der Waals surface area contributed by atoms with Crippen molar-refractivity contribution >= 4 is 10.0 Å². The molecule has 0 amide bonds. The zero-order valence-electron chi connectivity index (χ0n) is 12.7. The van der Waals surface area contributed by atoms with Gasteiger partial charge in [-0.1, -0.05) is 13.8 Å². The summed E-state index contributed by atoms with van der Waals surface area (Å²) >= 11 is 0. The average Bonchev–Trinajstić information content (AvgIpc) is 2.42. The first-order valence-electron chi connectivity index (χ1n) is 6.91. The third kappa shape index (κ3) is 5.19. The molecule has 1 unspecified atom stereocenters. The summed E-state index contributed by atoms with van der Waals surface area (Å²) in [5.74, 6) is 0. The standard InChI is InChI=1S/C14H25N3O2S/c1-12(2)16-11-13(3)20(18,19)17(4)10-7-14-5-8-15-9-6-14/h5-6,8-9,12-13,16H,7,10-11H2,1-4H3. The number of aromatic nitrogens is 1. The fraction of sp³-hybridized carbons (Fsp3) is 0.643. The predicted molar refractivity (Wildman–Crippen MR) is 82.1 cm³/mol. The molecular formula is C14H25N3O2S. The summed E-state index contributed by atoms with van der Waals surface area (Å²) in [4.78, 5) is 3.95. The molecule has 1 aromatic rings. The van der Waals surface area contributed by atoms with Gasteiger partial charge in [0.15, 0.2) is 0 Å². The molecule has 0 aromatic carbocycles. The van der Waals surface area contributed by atoms with Crippen LogP contribution in [0.25, 0.3) is 0 Å². The first-order chi connectivity index (χ1) is 9.34. The van der Waals surface area contributed by atoms with Crippen molar-refractivity contribution in [2.75, 3.05) is 20.1 Å². The smallest absolute Gasteiger partial charge is 0.217 e. The van der Waals surface area contributed by atoms with Gasteiger partial charge >= 0.3 is 0 Å². The number of hydrogen-bond donors (Lipinski definition) is 1. The molecule has 0 bridgehead atoms. The number of pyridine rings is 1. The maximum atomic E-state index is 12.3. The van der Waals surface area contributed by atoms with E-state index in [-0.39, 0.29) is 6.04 Å². The number of hydrogen-bond acceptors (Lipinski definition) is 4. The molecule has 114 valence electrons. The van der Waals surface area contributed by atoms with Gasteiger partial charge in [-0.3, -0.25) is 4.98 Å². The SMILES string of the molecule is CC(C)NCC(C)S(=O)(=O)N(C)CCc1ccncc1.